The molecule has 9 heteroatoms. The number of carbonyl (C=O) groups is 1. The van der Waals surface area contributed by atoms with E-state index in [1.807, 2.05) is 27.2 Å². The van der Waals surface area contributed by atoms with E-state index in [-0.39, 0.29) is 12.5 Å². The smallest absolute Gasteiger partial charge is 0.268 e. The number of allylic oxidation sites excluding steroid dienone is 13. The number of aliphatic hydroxyl groups excluding tert-OH is 1. The zero-order chi connectivity index (χ0) is 48.5. The molecule has 0 rings (SSSR count). The Kier molecular flexibility index (Phi) is 46.1. The molecule has 0 heterocycles. The lowest BCUT2D eigenvalue weighted by atomic mass is 10.0. The maximum atomic E-state index is 12.9. The Morgan fingerprint density at radius 3 is 1.41 bits per heavy atom. The number of unbranched alkanes of at least 4 members (excludes halogenated alkanes) is 23. The molecule has 66 heavy (non-hydrogen) atoms. The van der Waals surface area contributed by atoms with E-state index in [1.165, 1.54) is 128 Å². The van der Waals surface area contributed by atoms with Crippen molar-refractivity contribution < 1.29 is 32.9 Å². The number of nitrogens with one attached hydrogen (secondary N) is 1. The van der Waals surface area contributed by atoms with E-state index in [4.69, 9.17) is 9.05 Å². The molecule has 0 aliphatic heterocycles. The average Bonchev–Trinajstić information content (AvgIpc) is 3.28. The van der Waals surface area contributed by atoms with Crippen molar-refractivity contribution in [3.05, 3.63) is 85.1 Å². The van der Waals surface area contributed by atoms with Gasteiger partial charge >= 0.3 is 0 Å². The van der Waals surface area contributed by atoms with Gasteiger partial charge in [-0.25, -0.2) is 0 Å². The molecule has 0 aliphatic rings. The van der Waals surface area contributed by atoms with Crippen LogP contribution in [0.2, 0.25) is 0 Å². The highest BCUT2D eigenvalue weighted by Gasteiger charge is 2.23. The average molecular weight is 943 g/mol. The van der Waals surface area contributed by atoms with Crippen molar-refractivity contribution in [3.8, 4) is 0 Å². The Bertz CT molecular complexity index is 1350. The SMILES string of the molecule is CC/C=C\C/C=C\C/C=C\C/C=C\CCCCCCCCCCCCCCC(=O)NC(COP(=O)([O-])OCC[N+](C)(C)C)C(O)/C=C/CC/C=C/CC/C=C/CCCCCCCCCCC. The highest BCUT2D eigenvalue weighted by atomic mass is 31.2. The maximum absolute atomic E-state index is 12.9. The fourth-order valence-electron chi connectivity index (χ4n) is 7.35. The molecule has 0 aromatic carbocycles. The van der Waals surface area contributed by atoms with Crippen LogP contribution < -0.4 is 10.2 Å². The quantitative estimate of drug-likeness (QED) is 0.0272. The monoisotopic (exact) mass is 943 g/mol. The van der Waals surface area contributed by atoms with E-state index in [9.17, 15) is 19.4 Å². The molecule has 3 unspecified atom stereocenters. The van der Waals surface area contributed by atoms with E-state index in [0.29, 0.717) is 17.4 Å². The number of carbonyl (C=O) groups excluding carboxylic acids is 1. The van der Waals surface area contributed by atoms with Gasteiger partial charge in [0.1, 0.15) is 13.2 Å². The first-order valence-electron chi connectivity index (χ1n) is 26.9. The molecule has 0 saturated heterocycles. The molecule has 0 fully saturated rings. The van der Waals surface area contributed by atoms with Crippen molar-refractivity contribution >= 4 is 13.7 Å². The van der Waals surface area contributed by atoms with Crippen molar-refractivity contribution in [1.29, 1.82) is 0 Å². The summed E-state index contributed by atoms with van der Waals surface area (Å²) in [7, 11) is 1.23. The van der Waals surface area contributed by atoms with Crippen LogP contribution in [0.1, 0.15) is 219 Å². The van der Waals surface area contributed by atoms with E-state index in [0.717, 1.165) is 70.6 Å². The van der Waals surface area contributed by atoms with Crippen LogP contribution in [0.4, 0.5) is 0 Å². The van der Waals surface area contributed by atoms with E-state index in [2.05, 4.69) is 92.1 Å². The normalized spacial score (nSPS) is 14.7. The Hall–Kier alpha value is -2.32. The van der Waals surface area contributed by atoms with Crippen LogP contribution in [0.25, 0.3) is 0 Å². The summed E-state index contributed by atoms with van der Waals surface area (Å²) in [6.07, 6.45) is 66.5. The molecule has 2 N–H and O–H groups in total. The minimum atomic E-state index is -4.61. The molecular weight excluding hydrogens is 840 g/mol. The van der Waals surface area contributed by atoms with Crippen LogP contribution in [-0.2, 0) is 18.4 Å². The predicted molar refractivity (Wildman–Crippen MR) is 283 cm³/mol. The van der Waals surface area contributed by atoms with Gasteiger partial charge in [-0.3, -0.25) is 9.36 Å². The second-order valence-electron chi connectivity index (χ2n) is 19.2. The number of quaternary nitrogens is 1. The summed E-state index contributed by atoms with van der Waals surface area (Å²) in [6, 6.07) is -0.915. The first-order valence-corrected chi connectivity index (χ1v) is 28.4. The lowest BCUT2D eigenvalue weighted by Crippen LogP contribution is -2.45. The van der Waals surface area contributed by atoms with Gasteiger partial charge in [0.2, 0.25) is 5.91 Å². The summed E-state index contributed by atoms with van der Waals surface area (Å²) < 4.78 is 23.3. The molecule has 0 saturated carbocycles. The van der Waals surface area contributed by atoms with Crippen molar-refractivity contribution in [2.24, 2.45) is 0 Å². The molecule has 0 bridgehead atoms. The molecule has 3 atom stereocenters. The third-order valence-corrected chi connectivity index (χ3v) is 12.5. The van der Waals surface area contributed by atoms with Crippen molar-refractivity contribution in [1.82, 2.24) is 5.32 Å². The summed E-state index contributed by atoms with van der Waals surface area (Å²) in [5, 5.41) is 13.8. The summed E-state index contributed by atoms with van der Waals surface area (Å²) in [4.78, 5) is 25.5. The third kappa shape index (κ3) is 49.6. The highest BCUT2D eigenvalue weighted by Crippen LogP contribution is 2.38. The Balaban J connectivity index is 4.33. The summed E-state index contributed by atoms with van der Waals surface area (Å²) in [6.45, 7) is 4.50. The Morgan fingerprint density at radius 2 is 0.939 bits per heavy atom. The van der Waals surface area contributed by atoms with Gasteiger partial charge in [0.25, 0.3) is 7.82 Å². The van der Waals surface area contributed by atoms with Crippen LogP contribution >= 0.6 is 7.82 Å². The van der Waals surface area contributed by atoms with E-state index >= 15 is 0 Å². The number of hydrogen-bond acceptors (Lipinski definition) is 6. The van der Waals surface area contributed by atoms with Gasteiger partial charge in [-0.2, -0.15) is 0 Å². The molecule has 0 aliphatic carbocycles. The van der Waals surface area contributed by atoms with Gasteiger partial charge in [-0.15, -0.1) is 0 Å². The Labute approximate surface area is 407 Å². The largest absolute Gasteiger partial charge is 0.756 e. The number of rotatable bonds is 48. The first-order chi connectivity index (χ1) is 32.0. The first kappa shape index (κ1) is 63.7. The minimum Gasteiger partial charge on any atom is -0.756 e. The fourth-order valence-corrected chi connectivity index (χ4v) is 8.07. The van der Waals surface area contributed by atoms with Gasteiger partial charge in [0.15, 0.2) is 0 Å². The minimum absolute atomic E-state index is 0.0128. The fraction of sp³-hybridized carbons (Fsp3) is 0.737. The number of likely N-dealkylation sites (N-methyl/N-ethyl adjacent to an activating group) is 1. The van der Waals surface area contributed by atoms with E-state index in [1.54, 1.807) is 6.08 Å². The highest BCUT2D eigenvalue weighted by molar-refractivity contribution is 7.45. The number of amides is 1. The molecule has 0 aromatic heterocycles. The number of nitrogens with zero attached hydrogens (tertiary/aromatic N) is 1. The molecule has 0 spiro atoms. The Morgan fingerprint density at radius 1 is 0.545 bits per heavy atom. The summed E-state index contributed by atoms with van der Waals surface area (Å²) in [5.41, 5.74) is 0. The zero-order valence-corrected chi connectivity index (χ0v) is 44.3. The van der Waals surface area contributed by atoms with Crippen LogP contribution in [0.15, 0.2) is 85.1 Å². The number of phosphoric acid groups is 1. The number of aliphatic hydroxyl groups is 1. The predicted octanol–water partition coefficient (Wildman–Crippen LogP) is 15.5. The zero-order valence-electron chi connectivity index (χ0n) is 43.4. The molecule has 382 valence electrons. The van der Waals surface area contributed by atoms with Gasteiger partial charge in [-0.05, 0) is 83.5 Å². The second-order valence-corrected chi connectivity index (χ2v) is 20.6. The molecule has 8 nitrogen and oxygen atoms in total. The van der Waals surface area contributed by atoms with Crippen molar-refractivity contribution in [3.63, 3.8) is 0 Å². The lowest BCUT2D eigenvalue weighted by molar-refractivity contribution is -0.870. The van der Waals surface area contributed by atoms with Crippen LogP contribution in [0.5, 0.6) is 0 Å². The van der Waals surface area contributed by atoms with Crippen molar-refractivity contribution in [2.45, 2.75) is 231 Å². The van der Waals surface area contributed by atoms with Gasteiger partial charge in [0, 0.05) is 6.42 Å². The third-order valence-electron chi connectivity index (χ3n) is 11.6. The maximum Gasteiger partial charge on any atom is 0.268 e. The van der Waals surface area contributed by atoms with Gasteiger partial charge < -0.3 is 28.8 Å². The van der Waals surface area contributed by atoms with Gasteiger partial charge in [0.05, 0.1) is 39.9 Å². The van der Waals surface area contributed by atoms with Gasteiger partial charge in [-0.1, -0.05) is 214 Å². The topological polar surface area (TPSA) is 108 Å². The standard InChI is InChI=1S/C57H103N2O6P/c1-6-8-10-12-14-16-18-20-22-24-26-27-28-29-30-31-33-35-37-39-41-43-45-47-49-51-57(61)58-55(54-65-66(62,63)64-53-52-59(3,4)5)56(60)50-48-46-44-42-40-38-36-34-32-25-23-21-19-17-15-13-11-9-7-2/h8,10,14,16,20,22,26-27,32,34,40,42,48,50,55-56,60H,6-7,9,11-13,15,17-19,21,23-25,28-31,33,35-39,41,43-47,49,51-54H2,1-5H3,(H-,58,61,62,63)/b10-8-,16-14-,22-20-,27-26-,34-32+,42-40+,50-48+. The van der Waals surface area contributed by atoms with Crippen LogP contribution in [-0.4, -0.2) is 68.5 Å². The summed E-state index contributed by atoms with van der Waals surface area (Å²) in [5.74, 6) is -0.216. The van der Waals surface area contributed by atoms with Crippen LogP contribution in [0, 0.1) is 0 Å². The molecular formula is C57H103N2O6P. The molecule has 0 aromatic rings. The lowest BCUT2D eigenvalue weighted by Gasteiger charge is -2.29. The van der Waals surface area contributed by atoms with E-state index < -0.39 is 26.6 Å². The molecule has 0 radical (unpaired) electrons. The number of phosphoric ester groups is 1. The summed E-state index contributed by atoms with van der Waals surface area (Å²) >= 11 is 0. The number of hydrogen-bond donors (Lipinski definition) is 2. The molecule has 1 amide bonds. The van der Waals surface area contributed by atoms with Crippen molar-refractivity contribution in [2.75, 3.05) is 40.9 Å². The van der Waals surface area contributed by atoms with Crippen LogP contribution in [0.3, 0.4) is 0 Å². The second kappa shape index (κ2) is 47.7.